The van der Waals surface area contributed by atoms with Gasteiger partial charge in [-0.15, -0.1) is 0 Å². The highest BCUT2D eigenvalue weighted by atomic mass is 79.9. The fraction of sp³-hybridized carbons (Fsp3) is 0.533. The van der Waals surface area contributed by atoms with Crippen molar-refractivity contribution in [3.63, 3.8) is 0 Å². The van der Waals surface area contributed by atoms with Crippen molar-refractivity contribution in [1.29, 1.82) is 0 Å². The molecule has 1 aromatic carbocycles. The van der Waals surface area contributed by atoms with Crippen molar-refractivity contribution >= 4 is 21.8 Å². The number of halogens is 1. The van der Waals surface area contributed by atoms with Gasteiger partial charge in [0.05, 0.1) is 0 Å². The van der Waals surface area contributed by atoms with Crippen LogP contribution >= 0.6 is 15.9 Å². The molecule has 0 spiro atoms. The Morgan fingerprint density at radius 3 is 2.89 bits per heavy atom. The highest BCUT2D eigenvalue weighted by molar-refractivity contribution is 9.10. The van der Waals surface area contributed by atoms with Crippen LogP contribution in [0.2, 0.25) is 0 Å². The summed E-state index contributed by atoms with van der Waals surface area (Å²) in [6, 6.07) is 5.85. The number of hydrogen-bond donors (Lipinski definition) is 0. The Hall–Kier alpha value is -0.830. The summed E-state index contributed by atoms with van der Waals surface area (Å²) in [4.78, 5) is 14.5. The Bertz CT molecular complexity index is 444. The highest BCUT2D eigenvalue weighted by Gasteiger charge is 2.21. The lowest BCUT2D eigenvalue weighted by atomic mass is 10.0. The second kappa shape index (κ2) is 5.87. The molecule has 1 aromatic rings. The summed E-state index contributed by atoms with van der Waals surface area (Å²) in [5, 5.41) is 0. The van der Waals surface area contributed by atoms with E-state index in [1.807, 2.05) is 30.0 Å². The summed E-state index contributed by atoms with van der Waals surface area (Å²) in [5.41, 5.74) is 1.87. The predicted octanol–water partition coefficient (Wildman–Crippen LogP) is 4.02. The van der Waals surface area contributed by atoms with Crippen LogP contribution in [-0.2, 0) is 0 Å². The van der Waals surface area contributed by atoms with Crippen LogP contribution in [0.5, 0.6) is 0 Å². The fourth-order valence-electron chi connectivity index (χ4n) is 2.48. The molecule has 98 valence electrons. The van der Waals surface area contributed by atoms with Gasteiger partial charge in [-0.1, -0.05) is 28.9 Å². The molecule has 1 fully saturated rings. The smallest absolute Gasteiger partial charge is 0.254 e. The number of nitrogens with zero attached hydrogens (tertiary/aromatic N) is 1. The molecular formula is C15H20BrNO. The van der Waals surface area contributed by atoms with Gasteiger partial charge in [-0.25, -0.2) is 0 Å². The van der Waals surface area contributed by atoms with Crippen LogP contribution in [-0.4, -0.2) is 23.9 Å². The maximum Gasteiger partial charge on any atom is 0.254 e. The van der Waals surface area contributed by atoms with E-state index >= 15 is 0 Å². The Balaban J connectivity index is 2.18. The van der Waals surface area contributed by atoms with Crippen LogP contribution in [0.15, 0.2) is 22.7 Å². The summed E-state index contributed by atoms with van der Waals surface area (Å²) < 4.78 is 1.01. The number of benzene rings is 1. The van der Waals surface area contributed by atoms with E-state index in [2.05, 4.69) is 22.9 Å². The molecule has 3 heteroatoms. The Morgan fingerprint density at radius 2 is 2.11 bits per heavy atom. The molecule has 1 amide bonds. The zero-order chi connectivity index (χ0) is 13.1. The van der Waals surface area contributed by atoms with Crippen molar-refractivity contribution in [1.82, 2.24) is 4.90 Å². The van der Waals surface area contributed by atoms with Crippen LogP contribution in [0.4, 0.5) is 0 Å². The summed E-state index contributed by atoms with van der Waals surface area (Å²) >= 11 is 3.49. The highest BCUT2D eigenvalue weighted by Crippen LogP contribution is 2.23. The number of hydrogen-bond acceptors (Lipinski definition) is 1. The first-order valence-corrected chi connectivity index (χ1v) is 7.43. The molecule has 0 radical (unpaired) electrons. The van der Waals surface area contributed by atoms with E-state index in [1.165, 1.54) is 6.42 Å². The van der Waals surface area contributed by atoms with Crippen molar-refractivity contribution in [3.8, 4) is 0 Å². The van der Waals surface area contributed by atoms with Crippen molar-refractivity contribution in [2.45, 2.75) is 33.1 Å². The van der Waals surface area contributed by atoms with Crippen LogP contribution in [0, 0.1) is 12.8 Å². The summed E-state index contributed by atoms with van der Waals surface area (Å²) in [6.07, 6.45) is 3.49. The van der Waals surface area contributed by atoms with Gasteiger partial charge in [-0.2, -0.15) is 0 Å². The number of carbonyl (C=O) groups is 1. The first-order chi connectivity index (χ1) is 8.59. The molecule has 1 aliphatic heterocycles. The van der Waals surface area contributed by atoms with E-state index < -0.39 is 0 Å². The zero-order valence-corrected chi connectivity index (χ0v) is 12.7. The zero-order valence-electron chi connectivity index (χ0n) is 11.1. The summed E-state index contributed by atoms with van der Waals surface area (Å²) in [5.74, 6) is 0.925. The minimum absolute atomic E-state index is 0.183. The van der Waals surface area contributed by atoms with Crippen LogP contribution in [0.25, 0.3) is 0 Å². The van der Waals surface area contributed by atoms with E-state index in [-0.39, 0.29) is 5.91 Å². The quantitative estimate of drug-likeness (QED) is 0.767. The van der Waals surface area contributed by atoms with E-state index in [0.717, 1.165) is 47.4 Å². The summed E-state index contributed by atoms with van der Waals surface area (Å²) in [6.45, 7) is 6.07. The minimum atomic E-state index is 0.183. The molecule has 0 N–H and O–H groups in total. The fourth-order valence-corrected chi connectivity index (χ4v) is 2.84. The van der Waals surface area contributed by atoms with Crippen molar-refractivity contribution in [2.75, 3.05) is 13.1 Å². The third kappa shape index (κ3) is 2.94. The molecule has 0 aromatic heterocycles. The van der Waals surface area contributed by atoms with Gasteiger partial charge in [-0.05, 0) is 49.8 Å². The average Bonchev–Trinajstić information content (AvgIpc) is 2.57. The van der Waals surface area contributed by atoms with Crippen molar-refractivity contribution < 1.29 is 4.79 Å². The van der Waals surface area contributed by atoms with Gasteiger partial charge >= 0.3 is 0 Å². The van der Waals surface area contributed by atoms with E-state index in [9.17, 15) is 4.79 Å². The molecule has 0 bridgehead atoms. The number of amides is 1. The molecule has 0 aliphatic carbocycles. The molecular weight excluding hydrogens is 290 g/mol. The topological polar surface area (TPSA) is 20.3 Å². The molecule has 0 saturated carbocycles. The molecule has 1 unspecified atom stereocenters. The second-order valence-corrected chi connectivity index (χ2v) is 6.10. The van der Waals surface area contributed by atoms with Crippen LogP contribution in [0.1, 0.15) is 42.1 Å². The van der Waals surface area contributed by atoms with Gasteiger partial charge in [-0.3, -0.25) is 4.79 Å². The number of likely N-dealkylation sites (tertiary alicyclic amines) is 1. The van der Waals surface area contributed by atoms with Crippen LogP contribution in [0.3, 0.4) is 0 Å². The van der Waals surface area contributed by atoms with Crippen molar-refractivity contribution in [2.24, 2.45) is 5.92 Å². The standard InChI is InChI=1S/C15H20BrNO/c1-11-5-4-9-17(10-8-11)15(18)13-6-3-7-14(16)12(13)2/h3,6-7,11H,4-5,8-10H2,1-2H3. The molecule has 2 rings (SSSR count). The van der Waals surface area contributed by atoms with E-state index in [0.29, 0.717) is 0 Å². The predicted molar refractivity (Wildman–Crippen MR) is 77.8 cm³/mol. The summed E-state index contributed by atoms with van der Waals surface area (Å²) in [7, 11) is 0. The van der Waals surface area contributed by atoms with Gasteiger partial charge in [0.2, 0.25) is 0 Å². The van der Waals surface area contributed by atoms with E-state index in [4.69, 9.17) is 0 Å². The number of rotatable bonds is 1. The molecule has 18 heavy (non-hydrogen) atoms. The Kier molecular flexibility index (Phi) is 4.44. The maximum atomic E-state index is 12.5. The lowest BCUT2D eigenvalue weighted by Crippen LogP contribution is -2.32. The van der Waals surface area contributed by atoms with Crippen LogP contribution < -0.4 is 0 Å². The van der Waals surface area contributed by atoms with Gasteiger partial charge in [0, 0.05) is 23.1 Å². The molecule has 1 saturated heterocycles. The average molecular weight is 310 g/mol. The molecule has 2 nitrogen and oxygen atoms in total. The largest absolute Gasteiger partial charge is 0.339 e. The lowest BCUT2D eigenvalue weighted by molar-refractivity contribution is 0.0759. The van der Waals surface area contributed by atoms with E-state index in [1.54, 1.807) is 0 Å². The van der Waals surface area contributed by atoms with Gasteiger partial charge in [0.15, 0.2) is 0 Å². The third-order valence-electron chi connectivity index (χ3n) is 3.80. The number of carbonyl (C=O) groups excluding carboxylic acids is 1. The SMILES string of the molecule is Cc1c(Br)cccc1C(=O)N1CCCC(C)CC1. The molecule has 1 atom stereocenters. The third-order valence-corrected chi connectivity index (χ3v) is 4.66. The minimum Gasteiger partial charge on any atom is -0.339 e. The van der Waals surface area contributed by atoms with Gasteiger partial charge in [0.1, 0.15) is 0 Å². The first-order valence-electron chi connectivity index (χ1n) is 6.64. The Morgan fingerprint density at radius 1 is 1.33 bits per heavy atom. The normalized spacial score (nSPS) is 20.6. The van der Waals surface area contributed by atoms with Crippen molar-refractivity contribution in [3.05, 3.63) is 33.8 Å². The lowest BCUT2D eigenvalue weighted by Gasteiger charge is -2.21. The Labute approximate surface area is 117 Å². The second-order valence-electron chi connectivity index (χ2n) is 5.24. The first kappa shape index (κ1) is 13.6. The molecule has 1 heterocycles. The monoisotopic (exact) mass is 309 g/mol. The van der Waals surface area contributed by atoms with Gasteiger partial charge < -0.3 is 4.90 Å². The van der Waals surface area contributed by atoms with Gasteiger partial charge in [0.25, 0.3) is 5.91 Å². The molecule has 1 aliphatic rings. The maximum absolute atomic E-state index is 12.5.